The lowest BCUT2D eigenvalue weighted by molar-refractivity contribution is 1.34. The van der Waals surface area contributed by atoms with E-state index in [1.54, 1.807) is 11.8 Å². The van der Waals surface area contributed by atoms with Gasteiger partial charge in [0.2, 0.25) is 0 Å². The Kier molecular flexibility index (Phi) is 5.85. The molecule has 0 amide bonds. The monoisotopic (exact) mass is 244 g/mol. The third-order valence-corrected chi connectivity index (χ3v) is 3.29. The van der Waals surface area contributed by atoms with Crippen LogP contribution < -0.4 is 0 Å². The number of benzene rings is 2. The van der Waals surface area contributed by atoms with Crippen LogP contribution in [0.25, 0.3) is 0 Å². The van der Waals surface area contributed by atoms with Gasteiger partial charge in [0.05, 0.1) is 0 Å². The summed E-state index contributed by atoms with van der Waals surface area (Å²) in [7, 11) is 0. The highest BCUT2D eigenvalue weighted by molar-refractivity contribution is 7.99. The van der Waals surface area contributed by atoms with Gasteiger partial charge in [0, 0.05) is 9.79 Å². The molecule has 0 nitrogen and oxygen atoms in total. The lowest BCUT2D eigenvalue weighted by Gasteiger charge is -2.02. The molecule has 1 heteroatoms. The van der Waals surface area contributed by atoms with Gasteiger partial charge in [-0.3, -0.25) is 0 Å². The SMILES string of the molecule is CC.Cc1ccc(Sc2ccc(C)cc2)cc1. The number of rotatable bonds is 2. The molecule has 2 aromatic rings. The van der Waals surface area contributed by atoms with Gasteiger partial charge >= 0.3 is 0 Å². The van der Waals surface area contributed by atoms with Crippen molar-refractivity contribution in [2.24, 2.45) is 0 Å². The number of aryl methyl sites for hydroxylation is 2. The predicted octanol–water partition coefficient (Wildman–Crippen LogP) is 5.48. The first-order valence-electron chi connectivity index (χ1n) is 6.05. The van der Waals surface area contributed by atoms with Crippen molar-refractivity contribution in [1.29, 1.82) is 0 Å². The van der Waals surface area contributed by atoms with Gasteiger partial charge in [0.1, 0.15) is 0 Å². The van der Waals surface area contributed by atoms with E-state index in [0.29, 0.717) is 0 Å². The second-order valence-corrected chi connectivity index (χ2v) is 4.88. The third-order valence-electron chi connectivity index (χ3n) is 2.28. The van der Waals surface area contributed by atoms with Gasteiger partial charge < -0.3 is 0 Å². The molecule has 0 spiro atoms. The molecule has 2 aromatic carbocycles. The summed E-state index contributed by atoms with van der Waals surface area (Å²) in [6.07, 6.45) is 0. The molecule has 0 aromatic heterocycles. The molecule has 0 aliphatic carbocycles. The lowest BCUT2D eigenvalue weighted by atomic mass is 10.2. The van der Waals surface area contributed by atoms with Crippen molar-refractivity contribution in [3.63, 3.8) is 0 Å². The molecule has 0 atom stereocenters. The van der Waals surface area contributed by atoms with Crippen LogP contribution in [-0.2, 0) is 0 Å². The van der Waals surface area contributed by atoms with Crippen molar-refractivity contribution in [3.8, 4) is 0 Å². The summed E-state index contributed by atoms with van der Waals surface area (Å²) in [5, 5.41) is 0. The zero-order chi connectivity index (χ0) is 12.7. The van der Waals surface area contributed by atoms with Gasteiger partial charge in [0.15, 0.2) is 0 Å². The third kappa shape index (κ3) is 4.66. The van der Waals surface area contributed by atoms with E-state index in [1.165, 1.54) is 20.9 Å². The molecule has 17 heavy (non-hydrogen) atoms. The first-order valence-corrected chi connectivity index (χ1v) is 6.87. The summed E-state index contributed by atoms with van der Waals surface area (Å²) >= 11 is 1.80. The molecule has 0 aliphatic heterocycles. The molecule has 0 radical (unpaired) electrons. The van der Waals surface area contributed by atoms with Crippen molar-refractivity contribution in [2.75, 3.05) is 0 Å². The summed E-state index contributed by atoms with van der Waals surface area (Å²) < 4.78 is 0. The van der Waals surface area contributed by atoms with E-state index in [2.05, 4.69) is 62.4 Å². The molecular formula is C16H20S. The van der Waals surface area contributed by atoms with Crippen LogP contribution in [0.3, 0.4) is 0 Å². The molecule has 2 rings (SSSR count). The number of hydrogen-bond donors (Lipinski definition) is 0. The molecule has 0 unspecified atom stereocenters. The van der Waals surface area contributed by atoms with E-state index in [9.17, 15) is 0 Å². The van der Waals surface area contributed by atoms with E-state index >= 15 is 0 Å². The lowest BCUT2D eigenvalue weighted by Crippen LogP contribution is -1.76. The molecule has 90 valence electrons. The minimum absolute atomic E-state index is 1.30. The fourth-order valence-corrected chi connectivity index (χ4v) is 2.17. The van der Waals surface area contributed by atoms with Gasteiger partial charge in [-0.25, -0.2) is 0 Å². The molecule has 0 bridgehead atoms. The smallest absolute Gasteiger partial charge is 0.0122 e. The first kappa shape index (κ1) is 13.9. The Morgan fingerprint density at radius 1 is 0.588 bits per heavy atom. The van der Waals surface area contributed by atoms with Crippen molar-refractivity contribution in [1.82, 2.24) is 0 Å². The molecule has 0 heterocycles. The van der Waals surface area contributed by atoms with Crippen LogP contribution >= 0.6 is 11.8 Å². The molecule has 0 aliphatic rings. The minimum atomic E-state index is 1.30. The van der Waals surface area contributed by atoms with E-state index in [0.717, 1.165) is 0 Å². The van der Waals surface area contributed by atoms with Crippen LogP contribution in [-0.4, -0.2) is 0 Å². The maximum Gasteiger partial charge on any atom is 0.0122 e. The maximum atomic E-state index is 2.17. The van der Waals surface area contributed by atoms with E-state index in [-0.39, 0.29) is 0 Å². The van der Waals surface area contributed by atoms with Gasteiger partial charge in [-0.15, -0.1) is 0 Å². The van der Waals surface area contributed by atoms with Crippen LogP contribution in [0.2, 0.25) is 0 Å². The topological polar surface area (TPSA) is 0 Å². The molecule has 0 saturated heterocycles. The summed E-state index contributed by atoms with van der Waals surface area (Å²) in [5.41, 5.74) is 2.62. The van der Waals surface area contributed by atoms with Crippen molar-refractivity contribution in [3.05, 3.63) is 59.7 Å². The average Bonchev–Trinajstić information content (AvgIpc) is 2.37. The molecule has 0 N–H and O–H groups in total. The summed E-state index contributed by atoms with van der Waals surface area (Å²) in [6.45, 7) is 8.22. The predicted molar refractivity (Wildman–Crippen MR) is 77.8 cm³/mol. The fraction of sp³-hybridized carbons (Fsp3) is 0.250. The fourth-order valence-electron chi connectivity index (χ4n) is 1.35. The second kappa shape index (κ2) is 7.18. The van der Waals surface area contributed by atoms with E-state index < -0.39 is 0 Å². The Balaban J connectivity index is 0.000000686. The van der Waals surface area contributed by atoms with Crippen LogP contribution in [0.1, 0.15) is 25.0 Å². The van der Waals surface area contributed by atoms with Gasteiger partial charge in [-0.1, -0.05) is 61.0 Å². The van der Waals surface area contributed by atoms with Crippen molar-refractivity contribution >= 4 is 11.8 Å². The zero-order valence-corrected chi connectivity index (χ0v) is 11.8. The van der Waals surface area contributed by atoms with Crippen LogP contribution in [0, 0.1) is 13.8 Å². The zero-order valence-electron chi connectivity index (χ0n) is 11.0. The first-order chi connectivity index (χ1) is 8.24. The molecule has 0 fully saturated rings. The summed E-state index contributed by atoms with van der Waals surface area (Å²) in [4.78, 5) is 2.59. The molecule has 0 saturated carbocycles. The van der Waals surface area contributed by atoms with E-state index in [4.69, 9.17) is 0 Å². The Labute approximate surface area is 109 Å². The average molecular weight is 244 g/mol. The van der Waals surface area contributed by atoms with E-state index in [1.807, 2.05) is 13.8 Å². The highest BCUT2D eigenvalue weighted by Crippen LogP contribution is 2.27. The van der Waals surface area contributed by atoms with Crippen LogP contribution in [0.15, 0.2) is 58.3 Å². The normalized spacial score (nSPS) is 9.41. The van der Waals surface area contributed by atoms with Crippen molar-refractivity contribution < 1.29 is 0 Å². The van der Waals surface area contributed by atoms with Gasteiger partial charge in [-0.05, 0) is 38.1 Å². The summed E-state index contributed by atoms with van der Waals surface area (Å²) in [6, 6.07) is 17.3. The highest BCUT2D eigenvalue weighted by Gasteiger charge is 1.96. The van der Waals surface area contributed by atoms with Crippen molar-refractivity contribution in [2.45, 2.75) is 37.5 Å². The minimum Gasteiger partial charge on any atom is -0.0901 e. The summed E-state index contributed by atoms with van der Waals surface area (Å²) in [5.74, 6) is 0. The van der Waals surface area contributed by atoms with Gasteiger partial charge in [0.25, 0.3) is 0 Å². The Morgan fingerprint density at radius 3 is 1.18 bits per heavy atom. The van der Waals surface area contributed by atoms with Crippen LogP contribution in [0.4, 0.5) is 0 Å². The Bertz CT molecular complexity index is 383. The Hall–Kier alpha value is -1.21. The quantitative estimate of drug-likeness (QED) is 0.674. The van der Waals surface area contributed by atoms with Gasteiger partial charge in [-0.2, -0.15) is 0 Å². The molecular weight excluding hydrogens is 224 g/mol. The Morgan fingerprint density at radius 2 is 0.882 bits per heavy atom. The number of hydrogen-bond acceptors (Lipinski definition) is 1. The largest absolute Gasteiger partial charge is 0.0901 e. The van der Waals surface area contributed by atoms with Crippen LogP contribution in [0.5, 0.6) is 0 Å². The second-order valence-electron chi connectivity index (χ2n) is 3.73. The standard InChI is InChI=1S/C14H14S.C2H6/c1-11-3-7-13(8-4-11)15-14-9-5-12(2)6-10-14;1-2/h3-10H,1-2H3;1-2H3. The highest BCUT2D eigenvalue weighted by atomic mass is 32.2. The maximum absolute atomic E-state index is 2.17.